The molecule has 0 aliphatic rings. The molecule has 0 bridgehead atoms. The van der Waals surface area contributed by atoms with Crippen molar-refractivity contribution in [2.75, 3.05) is 0 Å². The van der Waals surface area contributed by atoms with Gasteiger partial charge in [0.1, 0.15) is 22.8 Å². The number of rotatable bonds is 2. The van der Waals surface area contributed by atoms with E-state index >= 15 is 0 Å². The second kappa shape index (κ2) is 8.09. The van der Waals surface area contributed by atoms with Crippen molar-refractivity contribution in [2.45, 2.75) is 6.61 Å². The topological polar surface area (TPSA) is 129 Å². The van der Waals surface area contributed by atoms with E-state index in [9.17, 15) is 23.2 Å². The molecule has 0 radical (unpaired) electrons. The molecule has 3 N–H and O–H groups in total. The molecule has 0 saturated heterocycles. The maximum atomic E-state index is 13.2. The number of aromatic nitrogens is 2. The standard InChI is InChI=1S/C12H8FNO3.C12H6FNO3/c2*13-6-1-2-10-8(3-6)11-9(12(16)17-10)4-7(5-15)14-11/h1-4,14-15H,5H2;1-5,14H. The third kappa shape index (κ3) is 3.55. The average molecular weight is 464 g/mol. The summed E-state index contributed by atoms with van der Waals surface area (Å²) in [6.45, 7) is -0.217. The quantitative estimate of drug-likeness (QED) is 0.261. The highest BCUT2D eigenvalue weighted by molar-refractivity contribution is 6.04. The molecule has 4 aromatic heterocycles. The first kappa shape index (κ1) is 21.3. The zero-order valence-electron chi connectivity index (χ0n) is 17.1. The van der Waals surface area contributed by atoms with Gasteiger partial charge in [0.2, 0.25) is 0 Å². The van der Waals surface area contributed by atoms with Crippen LogP contribution in [0.2, 0.25) is 0 Å². The largest absolute Gasteiger partial charge is 0.422 e. The number of H-pyrrole nitrogens is 2. The lowest BCUT2D eigenvalue weighted by atomic mass is 10.2. The Bertz CT molecular complexity index is 1840. The van der Waals surface area contributed by atoms with Crippen molar-refractivity contribution >= 4 is 50.0 Å². The van der Waals surface area contributed by atoms with Crippen molar-refractivity contribution in [3.63, 3.8) is 0 Å². The summed E-state index contributed by atoms with van der Waals surface area (Å²) in [7, 11) is 0. The van der Waals surface area contributed by atoms with Crippen LogP contribution in [0.1, 0.15) is 16.2 Å². The number of carbonyl (C=O) groups is 1. The highest BCUT2D eigenvalue weighted by atomic mass is 19.1. The van der Waals surface area contributed by atoms with Crippen LogP contribution in [0.25, 0.3) is 43.7 Å². The summed E-state index contributed by atoms with van der Waals surface area (Å²) in [5.41, 5.74) is 1.18. The molecule has 6 rings (SSSR count). The van der Waals surface area contributed by atoms with E-state index in [1.54, 1.807) is 0 Å². The van der Waals surface area contributed by atoms with E-state index in [1.165, 1.54) is 48.5 Å². The molecule has 0 spiro atoms. The molecule has 10 heteroatoms. The molecule has 0 amide bonds. The first-order valence-electron chi connectivity index (χ1n) is 9.93. The summed E-state index contributed by atoms with van der Waals surface area (Å²) in [4.78, 5) is 39.5. The molecule has 6 aromatic rings. The zero-order valence-corrected chi connectivity index (χ0v) is 17.1. The van der Waals surface area contributed by atoms with Gasteiger partial charge in [0.25, 0.3) is 0 Å². The number of carbonyl (C=O) groups excluding carboxylic acids is 1. The zero-order chi connectivity index (χ0) is 24.0. The lowest BCUT2D eigenvalue weighted by molar-refractivity contribution is 0.112. The maximum absolute atomic E-state index is 13.2. The van der Waals surface area contributed by atoms with E-state index in [1.807, 2.05) is 0 Å². The normalized spacial score (nSPS) is 11.3. The lowest BCUT2D eigenvalue weighted by Crippen LogP contribution is -1.98. The van der Waals surface area contributed by atoms with Gasteiger partial charge in [-0.25, -0.2) is 18.4 Å². The number of halogens is 2. The van der Waals surface area contributed by atoms with Gasteiger partial charge in [-0.15, -0.1) is 0 Å². The molecule has 4 heterocycles. The van der Waals surface area contributed by atoms with Gasteiger partial charge in [-0.05, 0) is 48.5 Å². The minimum Gasteiger partial charge on any atom is -0.422 e. The van der Waals surface area contributed by atoms with Gasteiger partial charge in [0, 0.05) is 16.5 Å². The van der Waals surface area contributed by atoms with E-state index in [0.29, 0.717) is 44.8 Å². The number of aliphatic hydroxyl groups is 1. The lowest BCUT2D eigenvalue weighted by Gasteiger charge is -1.98. The predicted octanol–water partition coefficient (Wildman–Crippen LogP) is 4.13. The number of aldehydes is 1. The summed E-state index contributed by atoms with van der Waals surface area (Å²) in [6.07, 6.45) is 0.588. The summed E-state index contributed by atoms with van der Waals surface area (Å²) in [5.74, 6) is -0.845. The number of benzene rings is 2. The number of nitrogens with one attached hydrogen (secondary N) is 2. The molecule has 0 fully saturated rings. The van der Waals surface area contributed by atoms with E-state index in [2.05, 4.69) is 9.97 Å². The van der Waals surface area contributed by atoms with E-state index < -0.39 is 22.9 Å². The van der Waals surface area contributed by atoms with Gasteiger partial charge in [0.05, 0.1) is 34.1 Å². The summed E-state index contributed by atoms with van der Waals surface area (Å²) in [5, 5.41) is 10.5. The Kier molecular flexibility index (Phi) is 5.06. The Hall–Kier alpha value is -4.57. The summed E-state index contributed by atoms with van der Waals surface area (Å²) in [6, 6.07) is 10.7. The van der Waals surface area contributed by atoms with E-state index in [-0.39, 0.29) is 23.3 Å². The second-order valence-electron chi connectivity index (χ2n) is 7.43. The minimum absolute atomic E-state index is 0.217. The van der Waals surface area contributed by atoms with Gasteiger partial charge < -0.3 is 23.9 Å². The number of fused-ring (bicyclic) bond motifs is 6. The van der Waals surface area contributed by atoms with Crippen molar-refractivity contribution in [1.29, 1.82) is 0 Å². The molecule has 0 aliphatic carbocycles. The molecule has 170 valence electrons. The monoisotopic (exact) mass is 464 g/mol. The molecular formula is C24H14F2N2O6. The van der Waals surface area contributed by atoms with Gasteiger partial charge in [-0.1, -0.05) is 0 Å². The molecule has 8 nitrogen and oxygen atoms in total. The van der Waals surface area contributed by atoms with Crippen molar-refractivity contribution in [3.8, 4) is 0 Å². The number of aliphatic hydroxyl groups excluding tert-OH is 1. The fraction of sp³-hybridized carbons (Fsp3) is 0.0417. The Balaban J connectivity index is 0.000000142. The average Bonchev–Trinajstić information content (AvgIpc) is 3.46. The van der Waals surface area contributed by atoms with Crippen LogP contribution in [0.4, 0.5) is 8.78 Å². The Labute approximate surface area is 187 Å². The van der Waals surface area contributed by atoms with E-state index in [0.717, 1.165) is 0 Å². The van der Waals surface area contributed by atoms with Crippen molar-refractivity contribution in [2.24, 2.45) is 0 Å². The van der Waals surface area contributed by atoms with E-state index in [4.69, 9.17) is 13.9 Å². The molecule has 0 aliphatic heterocycles. The van der Waals surface area contributed by atoms with Crippen LogP contribution in [0.5, 0.6) is 0 Å². The van der Waals surface area contributed by atoms with Gasteiger partial charge in [0.15, 0.2) is 6.29 Å². The second-order valence-corrected chi connectivity index (χ2v) is 7.43. The van der Waals surface area contributed by atoms with Gasteiger partial charge >= 0.3 is 11.3 Å². The van der Waals surface area contributed by atoms with Crippen LogP contribution >= 0.6 is 0 Å². The molecule has 34 heavy (non-hydrogen) atoms. The highest BCUT2D eigenvalue weighted by Gasteiger charge is 2.12. The van der Waals surface area contributed by atoms with Crippen molar-refractivity contribution < 1.29 is 27.5 Å². The first-order valence-corrected chi connectivity index (χ1v) is 9.93. The van der Waals surface area contributed by atoms with Crippen LogP contribution < -0.4 is 11.3 Å². The minimum atomic E-state index is -0.552. The molecule has 0 atom stereocenters. The molecule has 0 unspecified atom stereocenters. The van der Waals surface area contributed by atoms with Crippen molar-refractivity contribution in [3.05, 3.63) is 92.4 Å². The van der Waals surface area contributed by atoms with Crippen LogP contribution in [0, 0.1) is 11.6 Å². The van der Waals surface area contributed by atoms with Crippen LogP contribution in [0.3, 0.4) is 0 Å². The third-order valence-corrected chi connectivity index (χ3v) is 5.28. The fourth-order valence-corrected chi connectivity index (χ4v) is 3.76. The maximum Gasteiger partial charge on any atom is 0.345 e. The smallest absolute Gasteiger partial charge is 0.345 e. The Morgan fingerprint density at radius 3 is 1.82 bits per heavy atom. The van der Waals surface area contributed by atoms with Crippen LogP contribution in [-0.4, -0.2) is 21.4 Å². The Morgan fingerprint density at radius 1 is 0.765 bits per heavy atom. The Morgan fingerprint density at radius 2 is 1.29 bits per heavy atom. The third-order valence-electron chi connectivity index (χ3n) is 5.28. The van der Waals surface area contributed by atoms with Gasteiger partial charge in [-0.2, -0.15) is 0 Å². The first-order chi connectivity index (χ1) is 16.4. The summed E-state index contributed by atoms with van der Waals surface area (Å²) < 4.78 is 36.4. The summed E-state index contributed by atoms with van der Waals surface area (Å²) >= 11 is 0. The molecular weight excluding hydrogens is 450 g/mol. The van der Waals surface area contributed by atoms with Crippen molar-refractivity contribution in [1.82, 2.24) is 9.97 Å². The number of hydrogen-bond acceptors (Lipinski definition) is 6. The SMILES string of the molecule is O=Cc1cc2c(=O)oc3ccc(F)cc3c2[nH]1.O=c1oc2ccc(F)cc2c2[nH]c(CO)cc12. The highest BCUT2D eigenvalue weighted by Crippen LogP contribution is 2.24. The molecule has 0 saturated carbocycles. The van der Waals surface area contributed by atoms with Gasteiger partial charge in [-0.3, -0.25) is 4.79 Å². The van der Waals surface area contributed by atoms with Crippen LogP contribution in [0.15, 0.2) is 67.0 Å². The van der Waals surface area contributed by atoms with Crippen LogP contribution in [-0.2, 0) is 6.61 Å². The number of hydrogen-bond donors (Lipinski definition) is 3. The molecule has 2 aromatic carbocycles. The number of aromatic amines is 2. The fourth-order valence-electron chi connectivity index (χ4n) is 3.76. The predicted molar refractivity (Wildman–Crippen MR) is 120 cm³/mol.